The second-order valence-electron chi connectivity index (χ2n) is 5.34. The molecule has 3 heteroatoms. The lowest BCUT2D eigenvalue weighted by molar-refractivity contribution is 0.167. The van der Waals surface area contributed by atoms with Crippen LogP contribution in [0.1, 0.15) is 19.3 Å². The molecule has 0 aromatic rings. The number of rotatable bonds is 3. The third kappa shape index (κ3) is 3.16. The van der Waals surface area contributed by atoms with Crippen molar-refractivity contribution in [3.8, 4) is 0 Å². The molecule has 0 bridgehead atoms. The van der Waals surface area contributed by atoms with Crippen molar-refractivity contribution in [2.45, 2.75) is 19.3 Å². The standard InChI is InChI=1S/C12H24N2O/c1-13-5-2-11(3-6-13)8-14-7-4-12(9-14)10-15/h11-12,15H,2-10H2,1H3. The first kappa shape index (κ1) is 11.4. The average Bonchev–Trinajstić information content (AvgIpc) is 2.69. The minimum atomic E-state index is 0.379. The van der Waals surface area contributed by atoms with Gasteiger partial charge >= 0.3 is 0 Å². The molecule has 1 unspecified atom stereocenters. The van der Waals surface area contributed by atoms with E-state index in [1.165, 1.54) is 45.4 Å². The Balaban J connectivity index is 1.69. The van der Waals surface area contributed by atoms with Crippen LogP contribution in [0.15, 0.2) is 0 Å². The van der Waals surface area contributed by atoms with E-state index in [4.69, 9.17) is 5.11 Å². The van der Waals surface area contributed by atoms with Crippen LogP contribution in [0.4, 0.5) is 0 Å². The van der Waals surface area contributed by atoms with Gasteiger partial charge in [0.25, 0.3) is 0 Å². The average molecular weight is 212 g/mol. The minimum absolute atomic E-state index is 0.379. The number of aliphatic hydroxyl groups is 1. The van der Waals surface area contributed by atoms with E-state index in [9.17, 15) is 0 Å². The van der Waals surface area contributed by atoms with Gasteiger partial charge in [-0.2, -0.15) is 0 Å². The van der Waals surface area contributed by atoms with E-state index >= 15 is 0 Å². The summed E-state index contributed by atoms with van der Waals surface area (Å²) in [6.45, 7) is 6.51. The van der Waals surface area contributed by atoms with Crippen LogP contribution in [0.3, 0.4) is 0 Å². The predicted octanol–water partition coefficient (Wildman–Crippen LogP) is 0.642. The molecule has 0 saturated carbocycles. The zero-order valence-corrected chi connectivity index (χ0v) is 9.86. The van der Waals surface area contributed by atoms with E-state index < -0.39 is 0 Å². The van der Waals surface area contributed by atoms with Crippen molar-refractivity contribution in [3.63, 3.8) is 0 Å². The summed E-state index contributed by atoms with van der Waals surface area (Å²) < 4.78 is 0. The number of likely N-dealkylation sites (tertiary alicyclic amines) is 2. The molecule has 2 aliphatic heterocycles. The molecule has 2 saturated heterocycles. The normalized spacial score (nSPS) is 31.2. The number of piperidine rings is 1. The Morgan fingerprint density at radius 1 is 1.07 bits per heavy atom. The first-order chi connectivity index (χ1) is 7.28. The Morgan fingerprint density at radius 2 is 1.73 bits per heavy atom. The molecule has 0 aromatic heterocycles. The van der Waals surface area contributed by atoms with E-state index in [1.807, 2.05) is 0 Å². The fraction of sp³-hybridized carbons (Fsp3) is 1.00. The highest BCUT2D eigenvalue weighted by molar-refractivity contribution is 4.79. The van der Waals surface area contributed by atoms with Crippen molar-refractivity contribution in [1.29, 1.82) is 0 Å². The van der Waals surface area contributed by atoms with Crippen molar-refractivity contribution < 1.29 is 5.11 Å². The minimum Gasteiger partial charge on any atom is -0.396 e. The summed E-state index contributed by atoms with van der Waals surface area (Å²) in [5.74, 6) is 1.45. The van der Waals surface area contributed by atoms with Gasteiger partial charge in [0.15, 0.2) is 0 Å². The second-order valence-corrected chi connectivity index (χ2v) is 5.34. The number of hydrogen-bond donors (Lipinski definition) is 1. The van der Waals surface area contributed by atoms with Crippen molar-refractivity contribution >= 4 is 0 Å². The quantitative estimate of drug-likeness (QED) is 0.744. The van der Waals surface area contributed by atoms with Gasteiger partial charge in [-0.3, -0.25) is 0 Å². The summed E-state index contributed by atoms with van der Waals surface area (Å²) in [5.41, 5.74) is 0. The van der Waals surface area contributed by atoms with Gasteiger partial charge in [0, 0.05) is 19.7 Å². The van der Waals surface area contributed by atoms with Crippen LogP contribution >= 0.6 is 0 Å². The first-order valence-corrected chi connectivity index (χ1v) is 6.29. The van der Waals surface area contributed by atoms with Crippen LogP contribution in [-0.4, -0.2) is 61.3 Å². The monoisotopic (exact) mass is 212 g/mol. The van der Waals surface area contributed by atoms with Crippen molar-refractivity contribution in [2.75, 3.05) is 46.4 Å². The molecule has 1 atom stereocenters. The molecule has 2 fully saturated rings. The maximum absolute atomic E-state index is 9.09. The molecule has 2 heterocycles. The smallest absolute Gasteiger partial charge is 0.0471 e. The SMILES string of the molecule is CN1CCC(CN2CCC(CO)C2)CC1. The van der Waals surface area contributed by atoms with Gasteiger partial charge < -0.3 is 14.9 Å². The van der Waals surface area contributed by atoms with Crippen LogP contribution in [0.5, 0.6) is 0 Å². The Bertz CT molecular complexity index is 190. The molecule has 0 amide bonds. The van der Waals surface area contributed by atoms with Gasteiger partial charge in [-0.15, -0.1) is 0 Å². The highest BCUT2D eigenvalue weighted by Crippen LogP contribution is 2.21. The Hall–Kier alpha value is -0.120. The molecule has 15 heavy (non-hydrogen) atoms. The number of hydrogen-bond acceptors (Lipinski definition) is 3. The highest BCUT2D eigenvalue weighted by Gasteiger charge is 2.25. The van der Waals surface area contributed by atoms with Gasteiger partial charge in [0.2, 0.25) is 0 Å². The molecule has 2 aliphatic rings. The molecule has 0 radical (unpaired) electrons. The van der Waals surface area contributed by atoms with E-state index in [2.05, 4.69) is 16.8 Å². The maximum Gasteiger partial charge on any atom is 0.0471 e. The van der Waals surface area contributed by atoms with Gasteiger partial charge in [0.1, 0.15) is 0 Å². The largest absolute Gasteiger partial charge is 0.396 e. The highest BCUT2D eigenvalue weighted by atomic mass is 16.3. The van der Waals surface area contributed by atoms with Crippen LogP contribution in [0.2, 0.25) is 0 Å². The van der Waals surface area contributed by atoms with Crippen LogP contribution < -0.4 is 0 Å². The summed E-state index contributed by atoms with van der Waals surface area (Å²) in [7, 11) is 2.22. The van der Waals surface area contributed by atoms with Crippen LogP contribution in [0, 0.1) is 11.8 Å². The topological polar surface area (TPSA) is 26.7 Å². The lowest BCUT2D eigenvalue weighted by Gasteiger charge is -2.31. The fourth-order valence-electron chi connectivity index (χ4n) is 2.84. The van der Waals surface area contributed by atoms with Gasteiger partial charge in [-0.25, -0.2) is 0 Å². The maximum atomic E-state index is 9.09. The Morgan fingerprint density at radius 3 is 2.33 bits per heavy atom. The Labute approximate surface area is 93.1 Å². The summed E-state index contributed by atoms with van der Waals surface area (Å²) in [6.07, 6.45) is 3.91. The molecule has 3 nitrogen and oxygen atoms in total. The molecular weight excluding hydrogens is 188 g/mol. The van der Waals surface area contributed by atoms with Crippen molar-refractivity contribution in [3.05, 3.63) is 0 Å². The van der Waals surface area contributed by atoms with Crippen molar-refractivity contribution in [2.24, 2.45) is 11.8 Å². The lowest BCUT2D eigenvalue weighted by Crippen LogP contribution is -2.36. The van der Waals surface area contributed by atoms with E-state index in [0.29, 0.717) is 12.5 Å². The summed E-state index contributed by atoms with van der Waals surface area (Å²) >= 11 is 0. The summed E-state index contributed by atoms with van der Waals surface area (Å²) in [5, 5.41) is 9.09. The summed E-state index contributed by atoms with van der Waals surface area (Å²) in [4.78, 5) is 4.98. The zero-order chi connectivity index (χ0) is 10.7. The van der Waals surface area contributed by atoms with Gasteiger partial charge in [-0.1, -0.05) is 0 Å². The molecule has 1 N–H and O–H groups in total. The summed E-state index contributed by atoms with van der Waals surface area (Å²) in [6, 6.07) is 0. The third-order valence-corrected chi connectivity index (χ3v) is 3.98. The molecule has 0 aliphatic carbocycles. The van der Waals surface area contributed by atoms with Crippen LogP contribution in [0.25, 0.3) is 0 Å². The van der Waals surface area contributed by atoms with Gasteiger partial charge in [0.05, 0.1) is 0 Å². The second kappa shape index (κ2) is 5.28. The Kier molecular flexibility index (Phi) is 4.00. The van der Waals surface area contributed by atoms with E-state index in [-0.39, 0.29) is 0 Å². The molecular formula is C12H24N2O. The molecule has 2 rings (SSSR count). The number of nitrogens with zero attached hydrogens (tertiary/aromatic N) is 2. The van der Waals surface area contributed by atoms with E-state index in [1.54, 1.807) is 0 Å². The van der Waals surface area contributed by atoms with Gasteiger partial charge in [-0.05, 0) is 57.8 Å². The number of aliphatic hydroxyl groups excluding tert-OH is 1. The third-order valence-electron chi connectivity index (χ3n) is 3.98. The zero-order valence-electron chi connectivity index (χ0n) is 9.86. The van der Waals surface area contributed by atoms with Crippen molar-refractivity contribution in [1.82, 2.24) is 9.80 Å². The fourth-order valence-corrected chi connectivity index (χ4v) is 2.84. The predicted molar refractivity (Wildman–Crippen MR) is 61.9 cm³/mol. The first-order valence-electron chi connectivity index (χ1n) is 6.29. The molecule has 0 aromatic carbocycles. The van der Waals surface area contributed by atoms with E-state index in [0.717, 1.165) is 12.5 Å². The molecule has 88 valence electrons. The molecule has 0 spiro atoms. The van der Waals surface area contributed by atoms with Crippen LogP contribution in [-0.2, 0) is 0 Å². The lowest BCUT2D eigenvalue weighted by atomic mass is 9.97.